The first-order valence-electron chi connectivity index (χ1n) is 9.45. The van der Waals surface area contributed by atoms with Gasteiger partial charge in [-0.25, -0.2) is 0 Å². The average molecular weight is 346 g/mol. The third-order valence-corrected chi connectivity index (χ3v) is 8.52. The number of hydrogen-bond donors (Lipinski definition) is 1. The van der Waals surface area contributed by atoms with Gasteiger partial charge in [-0.3, -0.25) is 9.59 Å². The van der Waals surface area contributed by atoms with Crippen LogP contribution < -0.4 is 0 Å². The van der Waals surface area contributed by atoms with Crippen LogP contribution in [0.1, 0.15) is 39.5 Å². The number of ketones is 1. The van der Waals surface area contributed by atoms with Crippen molar-refractivity contribution < 1.29 is 24.2 Å². The second kappa shape index (κ2) is 4.55. The van der Waals surface area contributed by atoms with Crippen LogP contribution in [0, 0.1) is 34.0 Å². The molecule has 3 aliphatic carbocycles. The zero-order chi connectivity index (χ0) is 17.8. The highest BCUT2D eigenvalue weighted by atomic mass is 16.5. The van der Waals surface area contributed by atoms with Crippen LogP contribution in [0.15, 0.2) is 12.2 Å². The van der Waals surface area contributed by atoms with Crippen molar-refractivity contribution in [3.05, 3.63) is 12.2 Å². The van der Waals surface area contributed by atoms with Crippen LogP contribution in [0.4, 0.5) is 0 Å². The molecule has 5 rings (SSSR count). The van der Waals surface area contributed by atoms with Gasteiger partial charge in [0.1, 0.15) is 17.8 Å². The van der Waals surface area contributed by atoms with Gasteiger partial charge in [0.15, 0.2) is 0 Å². The fourth-order valence-electron chi connectivity index (χ4n) is 7.10. The molecular weight excluding hydrogens is 320 g/mol. The minimum Gasteiger partial charge on any atom is -0.464 e. The van der Waals surface area contributed by atoms with E-state index in [0.29, 0.717) is 19.4 Å². The monoisotopic (exact) mass is 346 g/mol. The van der Waals surface area contributed by atoms with Gasteiger partial charge >= 0.3 is 5.97 Å². The summed E-state index contributed by atoms with van der Waals surface area (Å²) >= 11 is 0. The van der Waals surface area contributed by atoms with Crippen LogP contribution in [0.5, 0.6) is 0 Å². The third kappa shape index (κ3) is 1.55. The summed E-state index contributed by atoms with van der Waals surface area (Å²) in [5, 5.41) is 11.0. The van der Waals surface area contributed by atoms with Gasteiger partial charge in [0.05, 0.1) is 24.2 Å². The van der Waals surface area contributed by atoms with E-state index in [4.69, 9.17) is 9.47 Å². The molecule has 7 atom stereocenters. The van der Waals surface area contributed by atoms with Crippen molar-refractivity contribution in [2.75, 3.05) is 13.2 Å². The number of aliphatic hydroxyl groups excluding tert-OH is 1. The first-order valence-corrected chi connectivity index (χ1v) is 9.45. The Hall–Kier alpha value is -1.20. The molecule has 4 bridgehead atoms. The summed E-state index contributed by atoms with van der Waals surface area (Å²) in [7, 11) is 0. The van der Waals surface area contributed by atoms with Crippen molar-refractivity contribution in [3.63, 3.8) is 0 Å². The van der Waals surface area contributed by atoms with Gasteiger partial charge in [-0.2, -0.15) is 0 Å². The minimum atomic E-state index is -0.987. The Labute approximate surface area is 147 Å². The molecule has 1 N–H and O–H groups in total. The molecule has 0 radical (unpaired) electrons. The van der Waals surface area contributed by atoms with Crippen LogP contribution in [0.2, 0.25) is 0 Å². The lowest BCUT2D eigenvalue weighted by Gasteiger charge is -2.59. The first kappa shape index (κ1) is 16.0. The first-order chi connectivity index (χ1) is 11.8. The summed E-state index contributed by atoms with van der Waals surface area (Å²) in [6.07, 6.45) is 1.67. The maximum atomic E-state index is 13.4. The molecule has 0 aromatic carbocycles. The summed E-state index contributed by atoms with van der Waals surface area (Å²) < 4.78 is 11.7. The van der Waals surface area contributed by atoms with Gasteiger partial charge in [0.25, 0.3) is 0 Å². The molecule has 5 fully saturated rings. The molecular formula is C20H26O5. The van der Waals surface area contributed by atoms with Crippen molar-refractivity contribution >= 4 is 11.8 Å². The van der Waals surface area contributed by atoms with E-state index in [9.17, 15) is 14.7 Å². The summed E-state index contributed by atoms with van der Waals surface area (Å²) in [5.74, 6) is -0.150. The smallest absolute Gasteiger partial charge is 0.315 e. The fourth-order valence-corrected chi connectivity index (χ4v) is 7.10. The zero-order valence-electron chi connectivity index (χ0n) is 14.9. The predicted molar refractivity (Wildman–Crippen MR) is 88.4 cm³/mol. The number of aliphatic hydroxyl groups is 1. The number of fused-ring (bicyclic) bond motifs is 5. The molecule has 5 heteroatoms. The van der Waals surface area contributed by atoms with Gasteiger partial charge in [-0.1, -0.05) is 20.4 Å². The summed E-state index contributed by atoms with van der Waals surface area (Å²) in [4.78, 5) is 26.3. The summed E-state index contributed by atoms with van der Waals surface area (Å²) in [6.45, 7) is 9.08. The lowest BCUT2D eigenvalue weighted by atomic mass is 9.44. The Morgan fingerprint density at radius 3 is 2.68 bits per heavy atom. The van der Waals surface area contributed by atoms with E-state index in [2.05, 4.69) is 20.4 Å². The van der Waals surface area contributed by atoms with E-state index < -0.39 is 16.9 Å². The lowest BCUT2D eigenvalue weighted by Crippen LogP contribution is -2.67. The normalized spacial score (nSPS) is 53.1. The number of carbonyl (C=O) groups is 2. The van der Waals surface area contributed by atoms with Crippen molar-refractivity contribution in [3.8, 4) is 0 Å². The highest BCUT2D eigenvalue weighted by Gasteiger charge is 2.75. The number of ether oxygens (including phenoxy) is 2. The molecule has 0 unspecified atom stereocenters. The van der Waals surface area contributed by atoms with E-state index in [0.717, 1.165) is 18.4 Å². The average Bonchev–Trinajstić information content (AvgIpc) is 2.89. The van der Waals surface area contributed by atoms with Crippen molar-refractivity contribution in [2.24, 2.45) is 34.0 Å². The number of carbonyl (C=O) groups excluding carboxylic acids is 2. The highest BCUT2D eigenvalue weighted by Crippen LogP contribution is 2.69. The molecule has 2 spiro atoms. The Bertz CT molecular complexity index is 696. The molecule has 2 heterocycles. The molecule has 0 amide bonds. The predicted octanol–water partition coefficient (Wildman–Crippen LogP) is 1.88. The standard InChI is InChI=1S/C20H26O5/c1-10-11-4-5-12-19(7-11,16(10)22)17(23)25-9-20(12)13-8-24-15(6-14(20)21)18(13,2)3/h11-13,15-16,22H,1,4-9H2,2-3H3/t11-,12-,13-,15-,16-,19-,20+/m1/s1. The third-order valence-electron chi connectivity index (χ3n) is 8.52. The molecule has 5 aliphatic rings. The van der Waals surface area contributed by atoms with Gasteiger partial charge in [-0.15, -0.1) is 0 Å². The fraction of sp³-hybridized carbons (Fsp3) is 0.800. The Morgan fingerprint density at radius 1 is 1.16 bits per heavy atom. The SMILES string of the molecule is C=C1[C@@H]2CC[C@H]3[C@]4(COC(=O)[C@@]3(C2)[C@@H]1O)C(=O)C[C@H]1OC[C@@H]4C1(C)C. The van der Waals surface area contributed by atoms with E-state index in [1.165, 1.54) is 0 Å². The quantitative estimate of drug-likeness (QED) is 0.535. The maximum absolute atomic E-state index is 13.4. The zero-order valence-corrected chi connectivity index (χ0v) is 14.9. The molecule has 0 aromatic heterocycles. The molecule has 136 valence electrons. The van der Waals surface area contributed by atoms with Crippen LogP contribution in [0.25, 0.3) is 0 Å². The Kier molecular flexibility index (Phi) is 2.91. The number of cyclic esters (lactones) is 1. The topological polar surface area (TPSA) is 72.8 Å². The van der Waals surface area contributed by atoms with Crippen LogP contribution in [-0.2, 0) is 19.1 Å². The van der Waals surface area contributed by atoms with Crippen molar-refractivity contribution in [1.82, 2.24) is 0 Å². The van der Waals surface area contributed by atoms with Crippen molar-refractivity contribution in [1.29, 1.82) is 0 Å². The molecule has 2 aliphatic heterocycles. The van der Waals surface area contributed by atoms with Crippen molar-refractivity contribution in [2.45, 2.75) is 51.7 Å². The number of rotatable bonds is 0. The molecule has 3 saturated carbocycles. The highest BCUT2D eigenvalue weighted by molar-refractivity contribution is 5.92. The van der Waals surface area contributed by atoms with E-state index >= 15 is 0 Å². The number of Topliss-reactive ketones (excluding diaryl/α,β-unsaturated/α-hetero) is 1. The second-order valence-electron chi connectivity index (χ2n) is 9.49. The molecule has 2 saturated heterocycles. The Balaban J connectivity index is 1.69. The largest absolute Gasteiger partial charge is 0.464 e. The van der Waals surface area contributed by atoms with E-state index in [1.54, 1.807) is 0 Å². The maximum Gasteiger partial charge on any atom is 0.315 e. The van der Waals surface area contributed by atoms with Gasteiger partial charge < -0.3 is 14.6 Å². The van der Waals surface area contributed by atoms with Crippen LogP contribution in [-0.4, -0.2) is 42.3 Å². The van der Waals surface area contributed by atoms with E-state index in [1.807, 2.05) is 0 Å². The van der Waals surface area contributed by atoms with E-state index in [-0.39, 0.29) is 47.6 Å². The van der Waals surface area contributed by atoms with Gasteiger partial charge in [0.2, 0.25) is 0 Å². The van der Waals surface area contributed by atoms with Crippen LogP contribution >= 0.6 is 0 Å². The van der Waals surface area contributed by atoms with Gasteiger partial charge in [0, 0.05) is 12.3 Å². The molecule has 25 heavy (non-hydrogen) atoms. The summed E-state index contributed by atoms with van der Waals surface area (Å²) in [5.41, 5.74) is -1.09. The number of hydrogen-bond acceptors (Lipinski definition) is 5. The van der Waals surface area contributed by atoms with Crippen LogP contribution in [0.3, 0.4) is 0 Å². The Morgan fingerprint density at radius 2 is 1.92 bits per heavy atom. The van der Waals surface area contributed by atoms with Gasteiger partial charge in [-0.05, 0) is 42.1 Å². The second-order valence-corrected chi connectivity index (χ2v) is 9.49. The lowest BCUT2D eigenvalue weighted by molar-refractivity contribution is -0.216. The summed E-state index contributed by atoms with van der Waals surface area (Å²) in [6, 6.07) is 0. The number of esters is 1. The molecule has 0 aromatic rings. The molecule has 5 nitrogen and oxygen atoms in total. The minimum absolute atomic E-state index is 0.0267.